The molecular weight excluding hydrogens is 290 g/mol. The van der Waals surface area contributed by atoms with E-state index < -0.39 is 10.0 Å². The molecule has 1 aromatic carbocycles. The molecule has 7 heteroatoms. The summed E-state index contributed by atoms with van der Waals surface area (Å²) in [5.74, 6) is -0.319. The maximum absolute atomic E-state index is 12.2. The summed E-state index contributed by atoms with van der Waals surface area (Å²) in [5, 5.41) is 7.72. The molecular formula is C14H15N3O3S. The Morgan fingerprint density at radius 3 is 2.76 bits per heavy atom. The number of nitrogens with one attached hydrogen (secondary N) is 1. The Morgan fingerprint density at radius 2 is 2.10 bits per heavy atom. The molecule has 0 saturated heterocycles. The summed E-state index contributed by atoms with van der Waals surface area (Å²) in [6, 6.07) is 7.43. The van der Waals surface area contributed by atoms with Gasteiger partial charge < -0.3 is 5.32 Å². The topological polar surface area (TPSA) is 102 Å². The van der Waals surface area contributed by atoms with E-state index in [-0.39, 0.29) is 10.8 Å². The van der Waals surface area contributed by atoms with E-state index in [1.807, 2.05) is 6.92 Å². The molecule has 1 heterocycles. The molecule has 0 aliphatic carbocycles. The summed E-state index contributed by atoms with van der Waals surface area (Å²) in [4.78, 5) is 16.2. The number of primary sulfonamides is 1. The molecule has 1 amide bonds. The molecule has 0 atom stereocenters. The quantitative estimate of drug-likeness (QED) is 0.894. The highest BCUT2D eigenvalue weighted by Crippen LogP contribution is 2.16. The van der Waals surface area contributed by atoms with Crippen LogP contribution in [0.3, 0.4) is 0 Å². The lowest BCUT2D eigenvalue weighted by molar-refractivity contribution is 0.102. The molecule has 0 saturated carbocycles. The van der Waals surface area contributed by atoms with E-state index in [2.05, 4.69) is 10.3 Å². The van der Waals surface area contributed by atoms with Gasteiger partial charge in [0.05, 0.1) is 4.90 Å². The zero-order chi connectivity index (χ0) is 15.5. The fraction of sp³-hybridized carbons (Fsp3) is 0.143. The first-order chi connectivity index (χ1) is 9.91. The minimum absolute atomic E-state index is 0.0502. The molecule has 0 fully saturated rings. The molecule has 0 spiro atoms. The number of carbonyl (C=O) groups is 1. The monoisotopic (exact) mass is 305 g/mol. The van der Waals surface area contributed by atoms with Crippen LogP contribution in [0.25, 0.3) is 0 Å². The second-order valence-corrected chi connectivity index (χ2v) is 5.97. The number of nitrogens with zero attached hydrogens (tertiary/aromatic N) is 1. The van der Waals surface area contributed by atoms with Gasteiger partial charge in [-0.05, 0) is 36.2 Å². The van der Waals surface area contributed by atoms with Crippen molar-refractivity contribution in [1.29, 1.82) is 0 Å². The Labute approximate surface area is 123 Å². The average Bonchev–Trinajstić information content (AvgIpc) is 2.46. The minimum atomic E-state index is -3.80. The number of amides is 1. The van der Waals surface area contributed by atoms with Gasteiger partial charge in [0.15, 0.2) is 0 Å². The van der Waals surface area contributed by atoms with E-state index in [1.165, 1.54) is 24.4 Å². The Hall–Kier alpha value is -2.25. The average molecular weight is 305 g/mol. The maximum atomic E-state index is 12.2. The second kappa shape index (κ2) is 6.02. The highest BCUT2D eigenvalue weighted by molar-refractivity contribution is 7.89. The van der Waals surface area contributed by atoms with Gasteiger partial charge in [-0.15, -0.1) is 0 Å². The first-order valence-corrected chi connectivity index (χ1v) is 7.83. The normalized spacial score (nSPS) is 11.1. The summed E-state index contributed by atoms with van der Waals surface area (Å²) in [7, 11) is -3.80. The molecule has 2 aromatic rings. The van der Waals surface area contributed by atoms with E-state index >= 15 is 0 Å². The number of aromatic nitrogens is 1. The van der Waals surface area contributed by atoms with Crippen LogP contribution in [0.4, 0.5) is 5.69 Å². The van der Waals surface area contributed by atoms with E-state index in [0.29, 0.717) is 17.7 Å². The smallest absolute Gasteiger partial charge is 0.256 e. The fourth-order valence-electron chi connectivity index (χ4n) is 1.88. The molecule has 21 heavy (non-hydrogen) atoms. The number of benzene rings is 1. The predicted molar refractivity (Wildman–Crippen MR) is 79.4 cm³/mol. The van der Waals surface area contributed by atoms with Crippen molar-refractivity contribution >= 4 is 21.6 Å². The minimum Gasteiger partial charge on any atom is -0.322 e. The Kier molecular flexibility index (Phi) is 4.35. The Bertz CT molecular complexity index is 773. The van der Waals surface area contributed by atoms with Gasteiger partial charge in [0, 0.05) is 23.6 Å². The Balaban J connectivity index is 2.28. The Morgan fingerprint density at radius 1 is 1.33 bits per heavy atom. The van der Waals surface area contributed by atoms with E-state index in [0.717, 1.165) is 5.56 Å². The molecule has 6 nitrogen and oxygen atoms in total. The number of hydrogen-bond acceptors (Lipinski definition) is 4. The molecule has 0 radical (unpaired) electrons. The lowest BCUT2D eigenvalue weighted by atomic mass is 10.1. The summed E-state index contributed by atoms with van der Waals surface area (Å²) >= 11 is 0. The van der Waals surface area contributed by atoms with Crippen molar-refractivity contribution in [2.24, 2.45) is 5.14 Å². The van der Waals surface area contributed by atoms with Crippen LogP contribution in [0.15, 0.2) is 47.6 Å². The van der Waals surface area contributed by atoms with Gasteiger partial charge in [-0.2, -0.15) is 0 Å². The van der Waals surface area contributed by atoms with Crippen molar-refractivity contribution < 1.29 is 13.2 Å². The first-order valence-electron chi connectivity index (χ1n) is 6.29. The van der Waals surface area contributed by atoms with Gasteiger partial charge >= 0.3 is 0 Å². The predicted octanol–water partition coefficient (Wildman–Crippen LogP) is 1.54. The number of rotatable bonds is 4. The van der Waals surface area contributed by atoms with Crippen molar-refractivity contribution in [2.45, 2.75) is 18.2 Å². The van der Waals surface area contributed by atoms with Gasteiger partial charge in [0.1, 0.15) is 0 Å². The fourth-order valence-corrected chi connectivity index (χ4v) is 2.44. The standard InChI is InChI=1S/C14H15N3O3S/c1-2-10-9-16-7-6-13(10)14(18)17-11-4-3-5-12(8-11)21(15,19)20/h3-9H,2H2,1H3,(H,17,18)(H2,15,19,20). The third-order valence-electron chi connectivity index (χ3n) is 2.95. The van der Waals surface area contributed by atoms with Crippen LogP contribution in [-0.2, 0) is 16.4 Å². The molecule has 0 aliphatic heterocycles. The van der Waals surface area contributed by atoms with Gasteiger partial charge in [0.2, 0.25) is 10.0 Å². The van der Waals surface area contributed by atoms with Crippen molar-refractivity contribution in [2.75, 3.05) is 5.32 Å². The van der Waals surface area contributed by atoms with Crippen LogP contribution >= 0.6 is 0 Å². The van der Waals surface area contributed by atoms with Gasteiger partial charge in [0.25, 0.3) is 5.91 Å². The van der Waals surface area contributed by atoms with Crippen LogP contribution in [-0.4, -0.2) is 19.3 Å². The number of carbonyl (C=O) groups excluding carboxylic acids is 1. The zero-order valence-electron chi connectivity index (χ0n) is 11.4. The molecule has 0 bridgehead atoms. The number of nitrogens with two attached hydrogens (primary N) is 1. The lowest BCUT2D eigenvalue weighted by Crippen LogP contribution is -2.16. The molecule has 110 valence electrons. The third kappa shape index (κ3) is 3.65. The SMILES string of the molecule is CCc1cnccc1C(=O)Nc1cccc(S(N)(=O)=O)c1. The zero-order valence-corrected chi connectivity index (χ0v) is 12.2. The summed E-state index contributed by atoms with van der Waals surface area (Å²) in [6.45, 7) is 1.93. The van der Waals surface area contributed by atoms with E-state index in [1.54, 1.807) is 18.3 Å². The van der Waals surface area contributed by atoms with Gasteiger partial charge in [-0.3, -0.25) is 9.78 Å². The van der Waals surface area contributed by atoms with Crippen LogP contribution in [0.5, 0.6) is 0 Å². The largest absolute Gasteiger partial charge is 0.322 e. The lowest BCUT2D eigenvalue weighted by Gasteiger charge is -2.09. The first kappa shape index (κ1) is 15.1. The number of anilines is 1. The van der Waals surface area contributed by atoms with Gasteiger partial charge in [-0.1, -0.05) is 13.0 Å². The third-order valence-corrected chi connectivity index (χ3v) is 3.86. The molecule has 2 rings (SSSR count). The second-order valence-electron chi connectivity index (χ2n) is 4.41. The number of sulfonamides is 1. The molecule has 0 unspecified atom stereocenters. The molecule has 3 N–H and O–H groups in total. The number of pyridine rings is 1. The van der Waals surface area contributed by atoms with Crippen molar-refractivity contribution in [3.63, 3.8) is 0 Å². The van der Waals surface area contributed by atoms with E-state index in [9.17, 15) is 13.2 Å². The van der Waals surface area contributed by atoms with Gasteiger partial charge in [-0.25, -0.2) is 13.6 Å². The maximum Gasteiger partial charge on any atom is 0.256 e. The van der Waals surface area contributed by atoms with Crippen LogP contribution < -0.4 is 10.5 Å². The molecule has 1 aromatic heterocycles. The van der Waals surface area contributed by atoms with Crippen LogP contribution in [0.2, 0.25) is 0 Å². The van der Waals surface area contributed by atoms with Crippen molar-refractivity contribution in [3.8, 4) is 0 Å². The summed E-state index contributed by atoms with van der Waals surface area (Å²) < 4.78 is 22.6. The molecule has 0 aliphatic rings. The van der Waals surface area contributed by atoms with Crippen LogP contribution in [0, 0.1) is 0 Å². The highest BCUT2D eigenvalue weighted by Gasteiger charge is 2.12. The van der Waals surface area contributed by atoms with E-state index in [4.69, 9.17) is 5.14 Å². The number of aryl methyl sites for hydroxylation is 1. The summed E-state index contributed by atoms with van der Waals surface area (Å²) in [5.41, 5.74) is 1.69. The summed E-state index contributed by atoms with van der Waals surface area (Å²) in [6.07, 6.45) is 3.85. The number of hydrogen-bond donors (Lipinski definition) is 2. The van der Waals surface area contributed by atoms with Crippen LogP contribution in [0.1, 0.15) is 22.8 Å². The van der Waals surface area contributed by atoms with Crippen molar-refractivity contribution in [1.82, 2.24) is 4.98 Å². The highest BCUT2D eigenvalue weighted by atomic mass is 32.2. The van der Waals surface area contributed by atoms with Crippen molar-refractivity contribution in [3.05, 3.63) is 53.9 Å².